The number of aromatic nitrogens is 3. The van der Waals surface area contributed by atoms with E-state index in [1.807, 2.05) is 0 Å². The zero-order valence-corrected chi connectivity index (χ0v) is 13.3. The maximum Gasteiger partial charge on any atom is 0.150 e. The molecule has 0 atom stereocenters. The minimum absolute atomic E-state index is 0.233. The summed E-state index contributed by atoms with van der Waals surface area (Å²) in [5, 5.41) is 8.07. The van der Waals surface area contributed by atoms with Gasteiger partial charge in [0.05, 0.1) is 0 Å². The molecule has 1 N–H and O–H groups in total. The maximum absolute atomic E-state index is 4.55. The molecule has 0 saturated heterocycles. The van der Waals surface area contributed by atoms with E-state index in [1.54, 1.807) is 0 Å². The van der Waals surface area contributed by atoms with Gasteiger partial charge in [-0.15, -0.1) is 0 Å². The smallest absolute Gasteiger partial charge is 0.150 e. The molecule has 0 aliphatic heterocycles. The predicted octanol–water partition coefficient (Wildman–Crippen LogP) is 2.96. The fourth-order valence-corrected chi connectivity index (χ4v) is 2.04. The molecule has 19 heavy (non-hydrogen) atoms. The van der Waals surface area contributed by atoms with Crippen molar-refractivity contribution in [2.75, 3.05) is 6.54 Å². The van der Waals surface area contributed by atoms with Crippen LogP contribution in [-0.2, 0) is 19.4 Å². The van der Waals surface area contributed by atoms with Crippen molar-refractivity contribution in [2.24, 2.45) is 0 Å². The average Bonchev–Trinajstić information content (AvgIpc) is 2.74. The van der Waals surface area contributed by atoms with E-state index >= 15 is 0 Å². The van der Waals surface area contributed by atoms with Gasteiger partial charge in [0.15, 0.2) is 5.82 Å². The minimum Gasteiger partial charge on any atom is -0.312 e. The van der Waals surface area contributed by atoms with Gasteiger partial charge in [0, 0.05) is 24.9 Å². The van der Waals surface area contributed by atoms with E-state index in [9.17, 15) is 0 Å². The van der Waals surface area contributed by atoms with Crippen LogP contribution in [0.3, 0.4) is 0 Å². The molecule has 0 amide bonds. The Kier molecular flexibility index (Phi) is 6.49. The third-order valence-electron chi connectivity index (χ3n) is 3.13. The molecule has 1 heterocycles. The van der Waals surface area contributed by atoms with Gasteiger partial charge in [-0.1, -0.05) is 20.3 Å². The summed E-state index contributed by atoms with van der Waals surface area (Å²) in [5.74, 6) is 2.11. The molecule has 0 spiro atoms. The van der Waals surface area contributed by atoms with Gasteiger partial charge in [-0.05, 0) is 40.2 Å². The first-order chi connectivity index (χ1) is 8.96. The Hall–Kier alpha value is -0.900. The lowest BCUT2D eigenvalue weighted by Gasteiger charge is -2.20. The number of aryl methyl sites for hydroxylation is 3. The predicted molar refractivity (Wildman–Crippen MR) is 80.4 cm³/mol. The van der Waals surface area contributed by atoms with Crippen LogP contribution >= 0.6 is 0 Å². The molecule has 0 aromatic carbocycles. The molecule has 4 nitrogen and oxygen atoms in total. The molecule has 0 fully saturated rings. The van der Waals surface area contributed by atoms with Crippen molar-refractivity contribution in [3.05, 3.63) is 11.6 Å². The van der Waals surface area contributed by atoms with Crippen LogP contribution in [0.25, 0.3) is 0 Å². The lowest BCUT2D eigenvalue weighted by Crippen LogP contribution is -2.36. The minimum atomic E-state index is 0.233. The van der Waals surface area contributed by atoms with Crippen molar-refractivity contribution in [2.45, 2.75) is 78.8 Å². The van der Waals surface area contributed by atoms with Crippen molar-refractivity contribution < 1.29 is 0 Å². The molecular weight excluding hydrogens is 236 g/mol. The summed E-state index contributed by atoms with van der Waals surface area (Å²) < 4.78 is 2.09. The first-order valence-corrected chi connectivity index (χ1v) is 7.64. The topological polar surface area (TPSA) is 42.7 Å². The SMILES string of the molecule is CCc1nc(CC)n(CCCCCNC(C)(C)C)n1. The zero-order chi connectivity index (χ0) is 14.3. The number of unbranched alkanes of at least 4 members (excludes halogenated alkanes) is 2. The van der Waals surface area contributed by atoms with E-state index in [4.69, 9.17) is 0 Å². The van der Waals surface area contributed by atoms with Gasteiger partial charge in [-0.2, -0.15) is 5.10 Å². The number of rotatable bonds is 8. The van der Waals surface area contributed by atoms with Gasteiger partial charge in [0.25, 0.3) is 0 Å². The molecule has 110 valence electrons. The lowest BCUT2D eigenvalue weighted by atomic mass is 10.1. The quantitative estimate of drug-likeness (QED) is 0.736. The second-order valence-electron chi connectivity index (χ2n) is 6.11. The Morgan fingerprint density at radius 3 is 2.37 bits per heavy atom. The Balaban J connectivity index is 2.24. The van der Waals surface area contributed by atoms with Crippen molar-refractivity contribution >= 4 is 0 Å². The second-order valence-corrected chi connectivity index (χ2v) is 6.11. The molecule has 0 radical (unpaired) electrons. The molecule has 0 aliphatic rings. The third kappa shape index (κ3) is 6.19. The van der Waals surface area contributed by atoms with Crippen LogP contribution in [0.2, 0.25) is 0 Å². The van der Waals surface area contributed by atoms with Crippen LogP contribution in [0.5, 0.6) is 0 Å². The van der Waals surface area contributed by atoms with E-state index in [2.05, 4.69) is 54.7 Å². The van der Waals surface area contributed by atoms with Crippen molar-refractivity contribution in [3.63, 3.8) is 0 Å². The zero-order valence-electron chi connectivity index (χ0n) is 13.3. The highest BCUT2D eigenvalue weighted by molar-refractivity contribution is 4.92. The Morgan fingerprint density at radius 2 is 1.79 bits per heavy atom. The van der Waals surface area contributed by atoms with E-state index in [0.29, 0.717) is 0 Å². The van der Waals surface area contributed by atoms with Crippen LogP contribution in [-0.4, -0.2) is 26.8 Å². The highest BCUT2D eigenvalue weighted by Gasteiger charge is 2.08. The van der Waals surface area contributed by atoms with Gasteiger partial charge < -0.3 is 5.32 Å². The van der Waals surface area contributed by atoms with Gasteiger partial charge in [0.2, 0.25) is 0 Å². The van der Waals surface area contributed by atoms with Crippen molar-refractivity contribution in [1.82, 2.24) is 20.1 Å². The summed E-state index contributed by atoms with van der Waals surface area (Å²) in [5.41, 5.74) is 0.233. The first kappa shape index (κ1) is 16.2. The first-order valence-electron chi connectivity index (χ1n) is 7.64. The van der Waals surface area contributed by atoms with Gasteiger partial charge in [0.1, 0.15) is 5.82 Å². The molecule has 0 bridgehead atoms. The summed E-state index contributed by atoms with van der Waals surface area (Å²) in [6, 6.07) is 0. The molecule has 0 aliphatic carbocycles. The number of hydrogen-bond donors (Lipinski definition) is 1. The summed E-state index contributed by atoms with van der Waals surface area (Å²) in [6.07, 6.45) is 5.56. The molecule has 1 aromatic heterocycles. The van der Waals surface area contributed by atoms with E-state index in [-0.39, 0.29) is 5.54 Å². The van der Waals surface area contributed by atoms with Gasteiger partial charge >= 0.3 is 0 Å². The van der Waals surface area contributed by atoms with E-state index < -0.39 is 0 Å². The number of nitrogens with zero attached hydrogens (tertiary/aromatic N) is 3. The standard InChI is InChI=1S/C15H30N4/c1-6-13-17-14(7-2)19(18-13)12-10-8-9-11-16-15(3,4)5/h16H,6-12H2,1-5H3. The monoisotopic (exact) mass is 266 g/mol. The highest BCUT2D eigenvalue weighted by Crippen LogP contribution is 2.05. The average molecular weight is 266 g/mol. The van der Waals surface area contributed by atoms with Gasteiger partial charge in [-0.25, -0.2) is 9.67 Å². The summed E-state index contributed by atoms with van der Waals surface area (Å²) >= 11 is 0. The Bertz CT molecular complexity index is 363. The third-order valence-corrected chi connectivity index (χ3v) is 3.13. The summed E-state index contributed by atoms with van der Waals surface area (Å²) in [4.78, 5) is 4.53. The molecule has 1 rings (SSSR count). The van der Waals surface area contributed by atoms with Crippen LogP contribution < -0.4 is 5.32 Å². The van der Waals surface area contributed by atoms with E-state index in [1.165, 1.54) is 19.3 Å². The summed E-state index contributed by atoms with van der Waals surface area (Å²) in [7, 11) is 0. The van der Waals surface area contributed by atoms with Crippen LogP contribution in [0.4, 0.5) is 0 Å². The molecular formula is C15H30N4. The molecule has 0 saturated carbocycles. The maximum atomic E-state index is 4.55. The van der Waals surface area contributed by atoms with Crippen LogP contribution in [0.15, 0.2) is 0 Å². The Labute approximate surface area is 118 Å². The summed E-state index contributed by atoms with van der Waals surface area (Å²) in [6.45, 7) is 13.0. The van der Waals surface area contributed by atoms with E-state index in [0.717, 1.165) is 37.6 Å². The normalized spacial score (nSPS) is 12.1. The fourth-order valence-electron chi connectivity index (χ4n) is 2.04. The second kappa shape index (κ2) is 7.63. The van der Waals surface area contributed by atoms with Crippen LogP contribution in [0.1, 0.15) is 65.5 Å². The number of hydrogen-bond acceptors (Lipinski definition) is 3. The lowest BCUT2D eigenvalue weighted by molar-refractivity contribution is 0.412. The molecule has 1 aromatic rings. The highest BCUT2D eigenvalue weighted by atomic mass is 15.3. The van der Waals surface area contributed by atoms with Gasteiger partial charge in [-0.3, -0.25) is 0 Å². The fraction of sp³-hybridized carbons (Fsp3) is 0.867. The van der Waals surface area contributed by atoms with Crippen molar-refractivity contribution in [3.8, 4) is 0 Å². The molecule has 0 unspecified atom stereocenters. The van der Waals surface area contributed by atoms with Crippen LogP contribution in [0, 0.1) is 0 Å². The van der Waals surface area contributed by atoms with Crippen molar-refractivity contribution in [1.29, 1.82) is 0 Å². The number of nitrogens with one attached hydrogen (secondary N) is 1. The molecule has 4 heteroatoms. The Morgan fingerprint density at radius 1 is 1.05 bits per heavy atom. The largest absolute Gasteiger partial charge is 0.312 e.